The Balaban J connectivity index is 2.04. The van der Waals surface area contributed by atoms with Gasteiger partial charge in [-0.05, 0) is 44.4 Å². The quantitative estimate of drug-likeness (QED) is 0.224. The largest absolute Gasteiger partial charge is 0.466 e. The maximum absolute atomic E-state index is 13.2. The minimum Gasteiger partial charge on any atom is -0.466 e. The zero-order valence-electron chi connectivity index (χ0n) is 21.0. The molecule has 2 unspecified atom stereocenters. The molecule has 2 rings (SSSR count). The highest BCUT2D eigenvalue weighted by Gasteiger charge is 2.49. The van der Waals surface area contributed by atoms with E-state index < -0.39 is 42.0 Å². The van der Waals surface area contributed by atoms with E-state index in [-0.39, 0.29) is 30.8 Å². The SMILES string of the molecule is C=CC[C@H](NC(=O)C1CC1C(=O)OCC)C(=O)N[C@H](CC1CCCCC1)[C@H](O)[C@H](O)CC(C)C. The maximum atomic E-state index is 13.2. The van der Waals surface area contributed by atoms with Crippen LogP contribution in [0.2, 0.25) is 0 Å². The van der Waals surface area contributed by atoms with E-state index in [4.69, 9.17) is 4.74 Å². The van der Waals surface area contributed by atoms with Crippen molar-refractivity contribution < 1.29 is 29.3 Å². The normalized spacial score (nSPS) is 23.9. The van der Waals surface area contributed by atoms with Crippen LogP contribution in [0.15, 0.2) is 12.7 Å². The minimum atomic E-state index is -1.09. The Morgan fingerprint density at radius 1 is 1.09 bits per heavy atom. The molecule has 0 aromatic rings. The van der Waals surface area contributed by atoms with E-state index in [2.05, 4.69) is 17.2 Å². The number of aliphatic hydroxyl groups is 2. The van der Waals surface area contributed by atoms with Crippen molar-refractivity contribution in [3.8, 4) is 0 Å². The zero-order chi connectivity index (χ0) is 25.3. The first-order chi connectivity index (χ1) is 16.2. The van der Waals surface area contributed by atoms with E-state index in [0.717, 1.165) is 25.7 Å². The fraction of sp³-hybridized carbons (Fsp3) is 0.808. The van der Waals surface area contributed by atoms with Crippen molar-refractivity contribution in [1.29, 1.82) is 0 Å². The van der Waals surface area contributed by atoms with Gasteiger partial charge < -0.3 is 25.6 Å². The number of carbonyl (C=O) groups excluding carboxylic acids is 3. The Bertz CT molecular complexity index is 691. The van der Waals surface area contributed by atoms with Crippen molar-refractivity contribution in [3.63, 3.8) is 0 Å². The molecule has 2 saturated carbocycles. The van der Waals surface area contributed by atoms with Crippen LogP contribution in [0.5, 0.6) is 0 Å². The van der Waals surface area contributed by atoms with Crippen LogP contribution in [-0.4, -0.2) is 58.9 Å². The summed E-state index contributed by atoms with van der Waals surface area (Å²) in [6.07, 6.45) is 6.73. The van der Waals surface area contributed by atoms with Crippen molar-refractivity contribution in [1.82, 2.24) is 10.6 Å². The van der Waals surface area contributed by atoms with Gasteiger partial charge in [-0.2, -0.15) is 0 Å². The van der Waals surface area contributed by atoms with Gasteiger partial charge in [0.15, 0.2) is 0 Å². The molecule has 2 amide bonds. The lowest BCUT2D eigenvalue weighted by Crippen LogP contribution is -2.55. The Morgan fingerprint density at radius 2 is 1.76 bits per heavy atom. The predicted molar refractivity (Wildman–Crippen MR) is 130 cm³/mol. The second-order valence-electron chi connectivity index (χ2n) is 10.3. The molecule has 0 heterocycles. The van der Waals surface area contributed by atoms with Crippen molar-refractivity contribution >= 4 is 17.8 Å². The van der Waals surface area contributed by atoms with E-state index >= 15 is 0 Å². The summed E-state index contributed by atoms with van der Waals surface area (Å²) in [4.78, 5) is 37.7. The van der Waals surface area contributed by atoms with E-state index in [9.17, 15) is 24.6 Å². The van der Waals surface area contributed by atoms with E-state index in [0.29, 0.717) is 25.2 Å². The Morgan fingerprint density at radius 3 is 2.35 bits per heavy atom. The number of hydrogen-bond acceptors (Lipinski definition) is 6. The van der Waals surface area contributed by atoms with Gasteiger partial charge >= 0.3 is 5.97 Å². The summed E-state index contributed by atoms with van der Waals surface area (Å²) in [6, 6.07) is -1.47. The molecule has 2 fully saturated rings. The molecule has 0 aliphatic heterocycles. The van der Waals surface area contributed by atoms with Gasteiger partial charge in [0.25, 0.3) is 0 Å². The molecule has 34 heavy (non-hydrogen) atoms. The molecule has 8 nitrogen and oxygen atoms in total. The number of hydrogen-bond donors (Lipinski definition) is 4. The zero-order valence-corrected chi connectivity index (χ0v) is 21.0. The second kappa shape index (κ2) is 13.8. The summed E-state index contributed by atoms with van der Waals surface area (Å²) in [6.45, 7) is 9.62. The lowest BCUT2D eigenvalue weighted by molar-refractivity contribution is -0.146. The highest BCUT2D eigenvalue weighted by Crippen LogP contribution is 2.39. The average Bonchev–Trinajstić information content (AvgIpc) is 3.59. The lowest BCUT2D eigenvalue weighted by Gasteiger charge is -2.33. The van der Waals surface area contributed by atoms with Crippen LogP contribution in [0.1, 0.15) is 78.6 Å². The molecule has 0 aromatic carbocycles. The third-order valence-corrected chi connectivity index (χ3v) is 6.91. The van der Waals surface area contributed by atoms with Crippen molar-refractivity contribution in [2.75, 3.05) is 6.61 Å². The van der Waals surface area contributed by atoms with Gasteiger partial charge in [-0.15, -0.1) is 6.58 Å². The van der Waals surface area contributed by atoms with Crippen LogP contribution in [0.25, 0.3) is 0 Å². The summed E-state index contributed by atoms with van der Waals surface area (Å²) < 4.78 is 4.98. The summed E-state index contributed by atoms with van der Waals surface area (Å²) >= 11 is 0. The molecule has 4 N–H and O–H groups in total. The van der Waals surface area contributed by atoms with Gasteiger partial charge in [0.1, 0.15) is 12.1 Å². The number of nitrogens with one attached hydrogen (secondary N) is 2. The molecular weight excluding hydrogens is 436 g/mol. The van der Waals surface area contributed by atoms with Crippen molar-refractivity contribution in [2.45, 2.75) is 103 Å². The van der Waals surface area contributed by atoms with Gasteiger partial charge in [0.2, 0.25) is 11.8 Å². The number of amides is 2. The standard InChI is InChI=1S/C26H44N2O6/c1-5-10-20(27-24(31)18-15-19(18)26(33)34-6-2)25(32)28-21(14-17-11-8-7-9-12-17)23(30)22(29)13-16(3)4/h5,16-23,29-30H,1,6-15H2,2-4H3,(H,27,31)(H,28,32)/t18?,19?,20-,21+,22+,23-/m0/s1. The van der Waals surface area contributed by atoms with E-state index in [1.54, 1.807) is 13.0 Å². The van der Waals surface area contributed by atoms with Gasteiger partial charge in [-0.3, -0.25) is 14.4 Å². The van der Waals surface area contributed by atoms with Crippen molar-refractivity contribution in [2.24, 2.45) is 23.7 Å². The topological polar surface area (TPSA) is 125 Å². The second-order valence-corrected chi connectivity index (χ2v) is 10.3. The number of rotatable bonds is 14. The number of esters is 1. The molecule has 0 spiro atoms. The van der Waals surface area contributed by atoms with E-state index in [1.165, 1.54) is 6.42 Å². The summed E-state index contributed by atoms with van der Waals surface area (Å²) in [5.74, 6) is -1.53. The Kier molecular flexibility index (Phi) is 11.5. The van der Waals surface area contributed by atoms with Crippen LogP contribution in [0, 0.1) is 23.7 Å². The van der Waals surface area contributed by atoms with Crippen molar-refractivity contribution in [3.05, 3.63) is 12.7 Å². The third-order valence-electron chi connectivity index (χ3n) is 6.91. The number of carbonyl (C=O) groups is 3. The predicted octanol–water partition coefficient (Wildman–Crippen LogP) is 2.47. The van der Waals surface area contributed by atoms with Crippen LogP contribution >= 0.6 is 0 Å². The third kappa shape index (κ3) is 8.69. The van der Waals surface area contributed by atoms with Gasteiger partial charge in [-0.25, -0.2) is 0 Å². The molecule has 0 aromatic heterocycles. The van der Waals surface area contributed by atoms with Crippen LogP contribution in [0.3, 0.4) is 0 Å². The molecule has 8 heteroatoms. The summed E-state index contributed by atoms with van der Waals surface area (Å²) in [5, 5.41) is 27.1. The fourth-order valence-electron chi connectivity index (χ4n) is 4.91. The highest BCUT2D eigenvalue weighted by atomic mass is 16.5. The molecule has 0 radical (unpaired) electrons. The molecular formula is C26H44N2O6. The van der Waals surface area contributed by atoms with Crippen LogP contribution in [-0.2, 0) is 19.1 Å². The molecule has 6 atom stereocenters. The first kappa shape index (κ1) is 28.3. The Labute approximate surface area is 203 Å². The maximum Gasteiger partial charge on any atom is 0.309 e. The van der Waals surface area contributed by atoms with Crippen LogP contribution in [0.4, 0.5) is 0 Å². The molecule has 194 valence electrons. The molecule has 2 aliphatic carbocycles. The lowest BCUT2D eigenvalue weighted by atomic mass is 9.82. The summed E-state index contributed by atoms with van der Waals surface area (Å²) in [7, 11) is 0. The average molecular weight is 481 g/mol. The monoisotopic (exact) mass is 480 g/mol. The first-order valence-electron chi connectivity index (χ1n) is 12.9. The molecule has 2 aliphatic rings. The highest BCUT2D eigenvalue weighted by molar-refractivity contribution is 5.93. The smallest absolute Gasteiger partial charge is 0.309 e. The Hall–Kier alpha value is -1.93. The van der Waals surface area contributed by atoms with Crippen LogP contribution < -0.4 is 10.6 Å². The minimum absolute atomic E-state index is 0.203. The number of aliphatic hydroxyl groups excluding tert-OH is 2. The summed E-state index contributed by atoms with van der Waals surface area (Å²) in [5.41, 5.74) is 0. The van der Waals surface area contributed by atoms with Gasteiger partial charge in [0.05, 0.1) is 30.6 Å². The van der Waals surface area contributed by atoms with Gasteiger partial charge in [-0.1, -0.05) is 52.0 Å². The number of ether oxygens (including phenoxy) is 1. The van der Waals surface area contributed by atoms with Gasteiger partial charge in [0, 0.05) is 0 Å². The first-order valence-corrected chi connectivity index (χ1v) is 12.9. The fourth-order valence-corrected chi connectivity index (χ4v) is 4.91. The van der Waals surface area contributed by atoms with E-state index in [1.807, 2.05) is 13.8 Å². The molecule has 0 saturated heterocycles. The molecule has 0 bridgehead atoms.